The quantitative estimate of drug-likeness (QED) is 0.537. The molecule has 0 saturated heterocycles. The second-order valence-corrected chi connectivity index (χ2v) is 7.07. The molecular weight excluding hydrogens is 376 g/mol. The van der Waals surface area contributed by atoms with Crippen LogP contribution in [-0.2, 0) is 6.54 Å². The predicted octanol–water partition coefficient (Wildman–Crippen LogP) is 3.84. The number of nitrogens with one attached hydrogen (secondary N) is 1. The van der Waals surface area contributed by atoms with Crippen molar-refractivity contribution in [2.45, 2.75) is 13.5 Å². The SMILES string of the molecule is COc1ccc(-c2cc(CNC(=O)c3sc(-n4cccc4)nc3C)no2)cc1. The molecule has 3 heterocycles. The molecular formula is C20H18N4O3S. The van der Waals surface area contributed by atoms with Gasteiger partial charge in [0.05, 0.1) is 19.3 Å². The third kappa shape index (κ3) is 3.67. The van der Waals surface area contributed by atoms with Crippen LogP contribution >= 0.6 is 11.3 Å². The lowest BCUT2D eigenvalue weighted by atomic mass is 10.1. The molecule has 0 aliphatic carbocycles. The molecule has 0 unspecified atom stereocenters. The lowest BCUT2D eigenvalue weighted by Gasteiger charge is -2.00. The van der Waals surface area contributed by atoms with E-state index in [2.05, 4.69) is 15.5 Å². The molecule has 0 bridgehead atoms. The number of aryl methyl sites for hydroxylation is 1. The third-order valence-corrected chi connectivity index (χ3v) is 5.35. The fourth-order valence-electron chi connectivity index (χ4n) is 2.70. The van der Waals surface area contributed by atoms with Gasteiger partial charge in [-0.15, -0.1) is 0 Å². The van der Waals surface area contributed by atoms with Gasteiger partial charge in [-0.2, -0.15) is 0 Å². The van der Waals surface area contributed by atoms with Crippen LogP contribution in [0.15, 0.2) is 59.4 Å². The number of thiazole rings is 1. The number of rotatable bonds is 6. The van der Waals surface area contributed by atoms with Crippen LogP contribution in [0.4, 0.5) is 0 Å². The first-order chi connectivity index (χ1) is 13.6. The zero-order chi connectivity index (χ0) is 19.5. The number of carbonyl (C=O) groups excluding carboxylic acids is 1. The van der Waals surface area contributed by atoms with E-state index in [-0.39, 0.29) is 12.5 Å². The Bertz CT molecular complexity index is 1080. The van der Waals surface area contributed by atoms with E-state index in [1.807, 2.05) is 66.3 Å². The van der Waals surface area contributed by atoms with E-state index in [1.165, 1.54) is 11.3 Å². The molecule has 8 heteroatoms. The minimum Gasteiger partial charge on any atom is -0.497 e. The van der Waals surface area contributed by atoms with E-state index in [0.29, 0.717) is 22.0 Å². The minimum absolute atomic E-state index is 0.178. The van der Waals surface area contributed by atoms with Crippen molar-refractivity contribution >= 4 is 17.2 Å². The van der Waals surface area contributed by atoms with Crippen LogP contribution in [0.1, 0.15) is 21.1 Å². The monoisotopic (exact) mass is 394 g/mol. The molecule has 0 saturated carbocycles. The van der Waals surface area contributed by atoms with Crippen molar-refractivity contribution in [3.05, 3.63) is 71.1 Å². The van der Waals surface area contributed by atoms with Crippen LogP contribution in [-0.4, -0.2) is 27.7 Å². The highest BCUT2D eigenvalue weighted by Crippen LogP contribution is 2.24. The van der Waals surface area contributed by atoms with Crippen molar-refractivity contribution in [1.82, 2.24) is 20.0 Å². The van der Waals surface area contributed by atoms with Gasteiger partial charge in [0.25, 0.3) is 5.91 Å². The second-order valence-electron chi connectivity index (χ2n) is 6.09. The number of nitrogens with zero attached hydrogens (tertiary/aromatic N) is 3. The van der Waals surface area contributed by atoms with Gasteiger partial charge < -0.3 is 19.1 Å². The van der Waals surface area contributed by atoms with Crippen molar-refractivity contribution in [2.24, 2.45) is 0 Å². The Morgan fingerprint density at radius 3 is 2.71 bits per heavy atom. The topological polar surface area (TPSA) is 82.2 Å². The Hall–Kier alpha value is -3.39. The summed E-state index contributed by atoms with van der Waals surface area (Å²) in [6, 6.07) is 13.1. The molecule has 1 N–H and O–H groups in total. The van der Waals surface area contributed by atoms with Gasteiger partial charge >= 0.3 is 0 Å². The molecule has 0 atom stereocenters. The average molecular weight is 394 g/mol. The van der Waals surface area contributed by atoms with Gasteiger partial charge in [-0.3, -0.25) is 4.79 Å². The van der Waals surface area contributed by atoms with Crippen LogP contribution in [0.3, 0.4) is 0 Å². The van der Waals surface area contributed by atoms with Crippen molar-refractivity contribution in [3.63, 3.8) is 0 Å². The summed E-state index contributed by atoms with van der Waals surface area (Å²) >= 11 is 1.35. The molecule has 1 amide bonds. The van der Waals surface area contributed by atoms with Crippen molar-refractivity contribution in [1.29, 1.82) is 0 Å². The molecule has 0 aliphatic rings. The maximum atomic E-state index is 12.5. The molecule has 0 fully saturated rings. The Labute approximate surface area is 165 Å². The first-order valence-corrected chi connectivity index (χ1v) is 9.44. The average Bonchev–Trinajstić information content (AvgIpc) is 3.46. The van der Waals surface area contributed by atoms with E-state index in [1.54, 1.807) is 7.11 Å². The summed E-state index contributed by atoms with van der Waals surface area (Å²) in [6.07, 6.45) is 3.80. The summed E-state index contributed by atoms with van der Waals surface area (Å²) in [6.45, 7) is 2.10. The minimum atomic E-state index is -0.178. The predicted molar refractivity (Wildman–Crippen MR) is 106 cm³/mol. The summed E-state index contributed by atoms with van der Waals surface area (Å²) in [4.78, 5) is 17.6. The lowest BCUT2D eigenvalue weighted by Crippen LogP contribution is -2.22. The lowest BCUT2D eigenvalue weighted by molar-refractivity contribution is 0.0953. The first kappa shape index (κ1) is 18.0. The first-order valence-electron chi connectivity index (χ1n) is 8.63. The number of ether oxygens (including phenoxy) is 1. The maximum Gasteiger partial charge on any atom is 0.263 e. The van der Waals surface area contributed by atoms with Crippen molar-refractivity contribution in [2.75, 3.05) is 7.11 Å². The fourth-order valence-corrected chi connectivity index (χ4v) is 3.65. The van der Waals surface area contributed by atoms with Gasteiger partial charge in [-0.1, -0.05) is 16.5 Å². The van der Waals surface area contributed by atoms with E-state index in [4.69, 9.17) is 9.26 Å². The van der Waals surface area contributed by atoms with Gasteiger partial charge in [-0.25, -0.2) is 4.98 Å². The molecule has 4 rings (SSSR count). The van der Waals surface area contributed by atoms with Crippen LogP contribution in [0.25, 0.3) is 16.5 Å². The Balaban J connectivity index is 1.42. The van der Waals surface area contributed by atoms with Gasteiger partial charge in [0.2, 0.25) is 0 Å². The van der Waals surface area contributed by atoms with Gasteiger partial charge in [-0.05, 0) is 43.3 Å². The van der Waals surface area contributed by atoms with E-state index < -0.39 is 0 Å². The number of amides is 1. The van der Waals surface area contributed by atoms with Crippen LogP contribution in [0.2, 0.25) is 0 Å². The van der Waals surface area contributed by atoms with Gasteiger partial charge in [0.15, 0.2) is 10.9 Å². The Kier molecular flexibility index (Phi) is 4.94. The molecule has 142 valence electrons. The summed E-state index contributed by atoms with van der Waals surface area (Å²) in [5, 5.41) is 7.67. The van der Waals surface area contributed by atoms with Crippen LogP contribution < -0.4 is 10.1 Å². The standard InChI is InChI=1S/C20H18N4O3S/c1-13-18(28-20(22-13)24-9-3-4-10-24)19(25)21-12-15-11-17(27-23-15)14-5-7-16(26-2)8-6-14/h3-11H,12H2,1-2H3,(H,21,25). The molecule has 1 aromatic carbocycles. The zero-order valence-electron chi connectivity index (χ0n) is 15.4. The number of hydrogen-bond donors (Lipinski definition) is 1. The molecule has 4 aromatic rings. The molecule has 0 spiro atoms. The Morgan fingerprint density at radius 1 is 1.25 bits per heavy atom. The summed E-state index contributed by atoms with van der Waals surface area (Å²) in [7, 11) is 1.62. The van der Waals surface area contributed by atoms with Gasteiger partial charge in [0, 0.05) is 24.0 Å². The molecule has 0 radical (unpaired) electrons. The zero-order valence-corrected chi connectivity index (χ0v) is 16.2. The van der Waals surface area contributed by atoms with Crippen LogP contribution in [0, 0.1) is 6.92 Å². The maximum absolute atomic E-state index is 12.5. The van der Waals surface area contributed by atoms with E-state index in [0.717, 1.165) is 16.4 Å². The number of hydrogen-bond acceptors (Lipinski definition) is 6. The third-order valence-electron chi connectivity index (χ3n) is 4.18. The van der Waals surface area contributed by atoms with E-state index in [9.17, 15) is 4.79 Å². The molecule has 7 nitrogen and oxygen atoms in total. The highest BCUT2D eigenvalue weighted by Gasteiger charge is 2.16. The summed E-state index contributed by atoms with van der Waals surface area (Å²) < 4.78 is 12.4. The van der Waals surface area contributed by atoms with Gasteiger partial charge in [0.1, 0.15) is 16.3 Å². The molecule has 3 aromatic heterocycles. The van der Waals surface area contributed by atoms with Crippen molar-refractivity contribution in [3.8, 4) is 22.2 Å². The summed E-state index contributed by atoms with van der Waals surface area (Å²) in [5.41, 5.74) is 2.23. The number of aromatic nitrogens is 3. The second kappa shape index (κ2) is 7.69. The van der Waals surface area contributed by atoms with Crippen molar-refractivity contribution < 1.29 is 14.1 Å². The normalized spacial score (nSPS) is 10.8. The highest BCUT2D eigenvalue weighted by atomic mass is 32.1. The number of carbonyl (C=O) groups is 1. The smallest absolute Gasteiger partial charge is 0.263 e. The molecule has 28 heavy (non-hydrogen) atoms. The molecule has 0 aliphatic heterocycles. The fraction of sp³-hybridized carbons (Fsp3) is 0.150. The summed E-state index contributed by atoms with van der Waals surface area (Å²) in [5.74, 6) is 1.23. The number of methoxy groups -OCH3 is 1. The van der Waals surface area contributed by atoms with Crippen LogP contribution in [0.5, 0.6) is 5.75 Å². The Morgan fingerprint density at radius 2 is 2.00 bits per heavy atom. The van der Waals surface area contributed by atoms with E-state index >= 15 is 0 Å². The highest BCUT2D eigenvalue weighted by molar-refractivity contribution is 7.16. The number of benzene rings is 1. The largest absolute Gasteiger partial charge is 0.497 e.